The summed E-state index contributed by atoms with van der Waals surface area (Å²) in [6.45, 7) is 2.76. The zero-order valence-corrected chi connectivity index (χ0v) is 8.85. The van der Waals surface area contributed by atoms with Gasteiger partial charge in [0.15, 0.2) is 0 Å². The second-order valence-corrected chi connectivity index (χ2v) is 4.01. The smallest absolute Gasteiger partial charge is 0.0693 e. The van der Waals surface area contributed by atoms with Crippen LogP contribution in [0.2, 0.25) is 0 Å². The van der Waals surface area contributed by atoms with E-state index in [1.165, 1.54) is 6.42 Å². The van der Waals surface area contributed by atoms with Crippen LogP contribution in [0.3, 0.4) is 0 Å². The molecule has 0 aromatic carbocycles. The number of hydrogen-bond acceptors (Lipinski definition) is 2. The van der Waals surface area contributed by atoms with Gasteiger partial charge in [-0.2, -0.15) is 0 Å². The molecule has 13 heavy (non-hydrogen) atoms. The monoisotopic (exact) mass is 203 g/mol. The molecule has 0 spiro atoms. The van der Waals surface area contributed by atoms with E-state index in [4.69, 9.17) is 11.6 Å². The molecule has 1 fully saturated rings. The molecule has 0 aromatic rings. The molecule has 0 aliphatic heterocycles. The zero-order valence-electron chi connectivity index (χ0n) is 8.09. The van der Waals surface area contributed by atoms with Crippen LogP contribution in [0, 0.1) is 0 Å². The Morgan fingerprint density at radius 1 is 1.54 bits per heavy atom. The molecule has 2 atom stereocenters. The minimum atomic E-state index is -0.170. The minimum Gasteiger partial charge on any atom is -0.392 e. The highest BCUT2D eigenvalue weighted by Gasteiger charge is 2.21. The number of hydrogen-bond donors (Lipinski definition) is 2. The summed E-state index contributed by atoms with van der Waals surface area (Å²) in [5.41, 5.74) is 2.70. The SMILES string of the molecule is C/C(=C\Cl)CNC1CCCCC1O. The summed E-state index contributed by atoms with van der Waals surface area (Å²) < 4.78 is 0. The normalized spacial score (nSPS) is 30.5. The number of halogens is 1. The van der Waals surface area contributed by atoms with E-state index in [0.29, 0.717) is 0 Å². The maximum Gasteiger partial charge on any atom is 0.0693 e. The summed E-state index contributed by atoms with van der Waals surface area (Å²) in [6, 6.07) is 0.264. The predicted molar refractivity (Wildman–Crippen MR) is 55.9 cm³/mol. The van der Waals surface area contributed by atoms with E-state index >= 15 is 0 Å². The third-order valence-corrected chi connectivity index (χ3v) is 2.93. The Morgan fingerprint density at radius 2 is 2.23 bits per heavy atom. The molecule has 2 nitrogen and oxygen atoms in total. The van der Waals surface area contributed by atoms with Gasteiger partial charge in [0.05, 0.1) is 6.10 Å². The maximum absolute atomic E-state index is 9.64. The first kappa shape index (κ1) is 11.0. The molecular weight excluding hydrogens is 186 g/mol. The van der Waals surface area contributed by atoms with Crippen molar-refractivity contribution in [1.82, 2.24) is 5.32 Å². The molecule has 0 aromatic heterocycles. The Balaban J connectivity index is 2.26. The summed E-state index contributed by atoms with van der Waals surface area (Å²) in [6.07, 6.45) is 4.22. The lowest BCUT2D eigenvalue weighted by molar-refractivity contribution is 0.0925. The Bertz CT molecular complexity index is 182. The van der Waals surface area contributed by atoms with Crippen molar-refractivity contribution in [2.45, 2.75) is 44.8 Å². The van der Waals surface area contributed by atoms with Gasteiger partial charge in [0, 0.05) is 18.1 Å². The van der Waals surface area contributed by atoms with E-state index in [0.717, 1.165) is 31.4 Å². The molecule has 76 valence electrons. The van der Waals surface area contributed by atoms with Gasteiger partial charge in [0.25, 0.3) is 0 Å². The highest BCUT2D eigenvalue weighted by atomic mass is 35.5. The lowest BCUT2D eigenvalue weighted by Gasteiger charge is -2.28. The van der Waals surface area contributed by atoms with Crippen LogP contribution in [0.25, 0.3) is 0 Å². The van der Waals surface area contributed by atoms with Crippen LogP contribution in [0.5, 0.6) is 0 Å². The van der Waals surface area contributed by atoms with Crippen molar-refractivity contribution in [3.63, 3.8) is 0 Å². The third kappa shape index (κ3) is 3.67. The molecule has 0 heterocycles. The first-order chi connectivity index (χ1) is 6.24. The van der Waals surface area contributed by atoms with E-state index in [1.54, 1.807) is 5.54 Å². The molecule has 1 aliphatic carbocycles. The van der Waals surface area contributed by atoms with E-state index in [-0.39, 0.29) is 12.1 Å². The minimum absolute atomic E-state index is 0.170. The van der Waals surface area contributed by atoms with Crippen LogP contribution in [0.4, 0.5) is 0 Å². The van der Waals surface area contributed by atoms with Crippen molar-refractivity contribution in [2.24, 2.45) is 0 Å². The fourth-order valence-electron chi connectivity index (χ4n) is 1.68. The molecule has 0 saturated heterocycles. The molecule has 1 rings (SSSR count). The van der Waals surface area contributed by atoms with Gasteiger partial charge in [-0.25, -0.2) is 0 Å². The predicted octanol–water partition coefficient (Wildman–Crippen LogP) is 2.02. The van der Waals surface area contributed by atoms with Crippen molar-refractivity contribution in [1.29, 1.82) is 0 Å². The van der Waals surface area contributed by atoms with Crippen LogP contribution in [0.15, 0.2) is 11.1 Å². The molecule has 2 unspecified atom stereocenters. The van der Waals surface area contributed by atoms with Gasteiger partial charge < -0.3 is 10.4 Å². The highest BCUT2D eigenvalue weighted by molar-refractivity contribution is 6.25. The van der Waals surface area contributed by atoms with Crippen molar-refractivity contribution >= 4 is 11.6 Å². The third-order valence-electron chi connectivity index (χ3n) is 2.56. The van der Waals surface area contributed by atoms with E-state index in [9.17, 15) is 5.11 Å². The average molecular weight is 204 g/mol. The van der Waals surface area contributed by atoms with Gasteiger partial charge >= 0.3 is 0 Å². The number of aliphatic hydroxyl groups excluding tert-OH is 1. The average Bonchev–Trinajstić information content (AvgIpc) is 2.16. The molecule has 1 saturated carbocycles. The first-order valence-electron chi connectivity index (χ1n) is 4.91. The Labute approximate surface area is 85.0 Å². The second kappa shape index (κ2) is 5.63. The van der Waals surface area contributed by atoms with Gasteiger partial charge in [-0.3, -0.25) is 0 Å². The molecule has 2 N–H and O–H groups in total. The summed E-state index contributed by atoms with van der Waals surface area (Å²) in [7, 11) is 0. The molecule has 0 bridgehead atoms. The summed E-state index contributed by atoms with van der Waals surface area (Å²) in [4.78, 5) is 0. The summed E-state index contributed by atoms with van der Waals surface area (Å²) >= 11 is 5.54. The van der Waals surface area contributed by atoms with Gasteiger partial charge in [-0.05, 0) is 25.3 Å². The van der Waals surface area contributed by atoms with Crippen molar-refractivity contribution in [3.8, 4) is 0 Å². The van der Waals surface area contributed by atoms with E-state index < -0.39 is 0 Å². The van der Waals surface area contributed by atoms with Gasteiger partial charge in [0.1, 0.15) is 0 Å². The molecular formula is C10H18ClNO. The van der Waals surface area contributed by atoms with Crippen molar-refractivity contribution < 1.29 is 5.11 Å². The van der Waals surface area contributed by atoms with Gasteiger partial charge in [-0.1, -0.05) is 24.4 Å². The van der Waals surface area contributed by atoms with Gasteiger partial charge in [-0.15, -0.1) is 0 Å². The fourth-order valence-corrected chi connectivity index (χ4v) is 1.76. The van der Waals surface area contributed by atoms with Crippen LogP contribution in [-0.4, -0.2) is 23.8 Å². The van der Waals surface area contributed by atoms with Crippen LogP contribution in [-0.2, 0) is 0 Å². The number of aliphatic hydroxyl groups is 1. The summed E-state index contributed by atoms with van der Waals surface area (Å²) in [5, 5.41) is 13.0. The Morgan fingerprint density at radius 3 is 2.85 bits per heavy atom. The van der Waals surface area contributed by atoms with Crippen molar-refractivity contribution in [2.75, 3.05) is 6.54 Å². The highest BCUT2D eigenvalue weighted by Crippen LogP contribution is 2.18. The van der Waals surface area contributed by atoms with Crippen LogP contribution < -0.4 is 5.32 Å². The van der Waals surface area contributed by atoms with Crippen LogP contribution in [0.1, 0.15) is 32.6 Å². The largest absolute Gasteiger partial charge is 0.392 e. The van der Waals surface area contributed by atoms with E-state index in [2.05, 4.69) is 5.32 Å². The second-order valence-electron chi connectivity index (χ2n) is 3.79. The molecule has 0 amide bonds. The number of rotatable bonds is 3. The van der Waals surface area contributed by atoms with Gasteiger partial charge in [0.2, 0.25) is 0 Å². The van der Waals surface area contributed by atoms with Crippen LogP contribution >= 0.6 is 11.6 Å². The number of nitrogens with one attached hydrogen (secondary N) is 1. The quantitative estimate of drug-likeness (QED) is 0.736. The molecule has 0 radical (unpaired) electrons. The first-order valence-corrected chi connectivity index (χ1v) is 5.35. The van der Waals surface area contributed by atoms with Crippen molar-refractivity contribution in [3.05, 3.63) is 11.1 Å². The topological polar surface area (TPSA) is 32.3 Å². The Hall–Kier alpha value is -0.0500. The summed E-state index contributed by atoms with van der Waals surface area (Å²) in [5.74, 6) is 0. The maximum atomic E-state index is 9.64. The molecule has 1 aliphatic rings. The lowest BCUT2D eigenvalue weighted by Crippen LogP contribution is -2.42. The molecule has 3 heteroatoms. The standard InChI is InChI=1S/C10H18ClNO/c1-8(6-11)7-12-9-4-2-3-5-10(9)13/h6,9-10,12-13H,2-5,7H2,1H3/b8-6+. The lowest BCUT2D eigenvalue weighted by atomic mass is 9.92. The fraction of sp³-hybridized carbons (Fsp3) is 0.800. The Kier molecular flexibility index (Phi) is 4.78. The zero-order chi connectivity index (χ0) is 9.68. The van der Waals surface area contributed by atoms with E-state index in [1.807, 2.05) is 6.92 Å².